The van der Waals surface area contributed by atoms with Crippen LogP contribution in [0.1, 0.15) is 85.6 Å². The first-order valence-electron chi connectivity index (χ1n) is 20.7. The Morgan fingerprint density at radius 1 is 0.967 bits per heavy atom. The molecule has 61 heavy (non-hydrogen) atoms. The summed E-state index contributed by atoms with van der Waals surface area (Å²) in [6.07, 6.45) is 10.1. The quantitative estimate of drug-likeness (QED) is 0.128. The van der Waals surface area contributed by atoms with E-state index in [9.17, 15) is 37.5 Å². The number of benzene rings is 2. The first-order chi connectivity index (χ1) is 29.3. The first-order valence-corrected chi connectivity index (χ1v) is 20.7. The summed E-state index contributed by atoms with van der Waals surface area (Å²) in [4.78, 5) is 68.6. The van der Waals surface area contributed by atoms with Crippen molar-refractivity contribution in [3.05, 3.63) is 81.5 Å². The number of hydrogen-bond donors (Lipinski definition) is 3. The smallest absolute Gasteiger partial charge is 0.329 e. The average Bonchev–Trinajstić information content (AvgIpc) is 3.88. The molecule has 5 heterocycles. The summed E-state index contributed by atoms with van der Waals surface area (Å²) >= 11 is 0. The van der Waals surface area contributed by atoms with Crippen molar-refractivity contribution in [2.24, 2.45) is 12.5 Å². The van der Waals surface area contributed by atoms with Gasteiger partial charge < -0.3 is 19.8 Å². The van der Waals surface area contributed by atoms with Gasteiger partial charge in [-0.05, 0) is 93.5 Å². The van der Waals surface area contributed by atoms with Gasteiger partial charge in [0.2, 0.25) is 17.6 Å². The van der Waals surface area contributed by atoms with Crippen LogP contribution >= 0.6 is 0 Å². The number of anilines is 1. The van der Waals surface area contributed by atoms with Gasteiger partial charge in [-0.1, -0.05) is 11.2 Å². The van der Waals surface area contributed by atoms with E-state index in [0.717, 1.165) is 101 Å². The van der Waals surface area contributed by atoms with Crippen LogP contribution in [0.2, 0.25) is 0 Å². The van der Waals surface area contributed by atoms with Gasteiger partial charge in [0, 0.05) is 51.6 Å². The molecule has 320 valence electrons. The molecule has 2 aliphatic heterocycles. The summed E-state index contributed by atoms with van der Waals surface area (Å²) in [5, 5.41) is 18.7. The number of aryl methyl sites for hydroxylation is 2. The Hall–Kier alpha value is -6.11. The van der Waals surface area contributed by atoms with Crippen molar-refractivity contribution in [3.8, 4) is 17.3 Å². The van der Waals surface area contributed by atoms with Crippen LogP contribution < -0.4 is 21.2 Å². The maximum atomic E-state index is 14.3. The van der Waals surface area contributed by atoms with E-state index in [1.54, 1.807) is 24.0 Å². The molecule has 0 spiro atoms. The molecule has 3 aliphatic carbocycles. The third-order valence-corrected chi connectivity index (χ3v) is 13.5. The lowest BCUT2D eigenvalue weighted by Gasteiger charge is -2.52. The molecule has 3 N–H and O–H groups in total. The lowest BCUT2D eigenvalue weighted by Crippen LogP contribution is -2.49. The number of phenols is 1. The Labute approximate surface area is 347 Å². The molecule has 2 saturated heterocycles. The number of phenolic OH excluding ortho intramolecular Hbond substituents is 1. The number of carbonyl (C=O) groups excluding carboxylic acids is 3. The number of imidazole rings is 1. The largest absolute Gasteiger partial charge is 0.503 e. The van der Waals surface area contributed by atoms with E-state index < -0.39 is 46.6 Å². The van der Waals surface area contributed by atoms with Crippen LogP contribution in [0.5, 0.6) is 5.75 Å². The van der Waals surface area contributed by atoms with Crippen molar-refractivity contribution < 1.29 is 37.2 Å². The number of halogens is 3. The Morgan fingerprint density at radius 3 is 2.43 bits per heavy atom. The Kier molecular flexibility index (Phi) is 10.4. The molecule has 3 aromatic heterocycles. The van der Waals surface area contributed by atoms with Gasteiger partial charge in [0.1, 0.15) is 17.6 Å². The molecule has 16 nitrogen and oxygen atoms in total. The Bertz CT molecular complexity index is 2580. The molecule has 5 aromatic rings. The van der Waals surface area contributed by atoms with Gasteiger partial charge in [0.05, 0.1) is 29.0 Å². The predicted octanol–water partition coefficient (Wildman–Crippen LogP) is 4.06. The fourth-order valence-electron chi connectivity index (χ4n) is 9.62. The highest BCUT2D eigenvalue weighted by atomic mass is 19.2. The number of aromatic nitrogens is 6. The van der Waals surface area contributed by atoms with Gasteiger partial charge in [-0.15, -0.1) is 0 Å². The average molecular weight is 843 g/mol. The van der Waals surface area contributed by atoms with E-state index in [4.69, 9.17) is 9.51 Å². The highest BCUT2D eigenvalue weighted by Gasteiger charge is 2.51. The molecule has 2 aromatic carbocycles. The summed E-state index contributed by atoms with van der Waals surface area (Å²) in [7, 11) is 1.70. The van der Waals surface area contributed by atoms with Crippen LogP contribution in [-0.4, -0.2) is 96.2 Å². The minimum atomic E-state index is -1.79. The molecular weight excluding hydrogens is 798 g/mol. The van der Waals surface area contributed by atoms with Crippen molar-refractivity contribution in [2.75, 3.05) is 44.2 Å². The third-order valence-electron chi connectivity index (χ3n) is 13.5. The summed E-state index contributed by atoms with van der Waals surface area (Å²) in [6, 6.07) is 5.70. The molecule has 10 rings (SSSR count). The molecule has 3 amide bonds. The summed E-state index contributed by atoms with van der Waals surface area (Å²) in [5.41, 5.74) is 1.40. The molecule has 5 fully saturated rings. The van der Waals surface area contributed by atoms with Gasteiger partial charge >= 0.3 is 5.69 Å². The second kappa shape index (κ2) is 15.7. The number of hydrogen-bond acceptors (Lipinski definition) is 12. The van der Waals surface area contributed by atoms with Crippen molar-refractivity contribution >= 4 is 34.6 Å². The predicted molar refractivity (Wildman–Crippen MR) is 213 cm³/mol. The Balaban J connectivity index is 0.744. The van der Waals surface area contributed by atoms with Crippen LogP contribution in [0.3, 0.4) is 0 Å². The van der Waals surface area contributed by atoms with Gasteiger partial charge in [-0.3, -0.25) is 33.7 Å². The fourth-order valence-corrected chi connectivity index (χ4v) is 9.62. The van der Waals surface area contributed by atoms with Gasteiger partial charge in [-0.2, -0.15) is 9.37 Å². The van der Waals surface area contributed by atoms with E-state index >= 15 is 0 Å². The summed E-state index contributed by atoms with van der Waals surface area (Å²) < 4.78 is 50.7. The molecule has 1 unspecified atom stereocenters. The van der Waals surface area contributed by atoms with E-state index in [1.165, 1.54) is 4.57 Å². The summed E-state index contributed by atoms with van der Waals surface area (Å²) in [5.74, 6) is -6.31. The highest BCUT2D eigenvalue weighted by Crippen LogP contribution is 2.57. The molecule has 19 heteroatoms. The molecule has 3 saturated carbocycles. The molecule has 5 aliphatic rings. The van der Waals surface area contributed by atoms with Crippen molar-refractivity contribution in [3.63, 3.8) is 0 Å². The number of imide groups is 1. The van der Waals surface area contributed by atoms with Crippen molar-refractivity contribution in [2.45, 2.75) is 75.7 Å². The number of rotatable bonds is 11. The zero-order valence-corrected chi connectivity index (χ0v) is 33.6. The minimum Gasteiger partial charge on any atom is -0.503 e. The number of nitrogens with one attached hydrogen (secondary N) is 2. The van der Waals surface area contributed by atoms with Crippen molar-refractivity contribution in [1.29, 1.82) is 0 Å². The number of piperazine rings is 1. The number of piperidine rings is 1. The highest BCUT2D eigenvalue weighted by molar-refractivity contribution is 6.00. The lowest BCUT2D eigenvalue weighted by molar-refractivity contribution is -0.135. The van der Waals surface area contributed by atoms with E-state index in [-0.39, 0.29) is 41.3 Å². The number of nitrogens with zero attached hydrogens (tertiary/aromatic N) is 8. The molecular formula is C42H45F3N10O6. The molecule has 0 radical (unpaired) electrons. The number of carbonyl (C=O) groups is 3. The second-order valence-electron chi connectivity index (χ2n) is 17.0. The van der Waals surface area contributed by atoms with E-state index in [1.807, 2.05) is 18.2 Å². The maximum absolute atomic E-state index is 14.3. The second-order valence-corrected chi connectivity index (χ2v) is 17.0. The fraction of sp³-hybridized carbons (Fsp3) is 0.476. The van der Waals surface area contributed by atoms with E-state index in [2.05, 4.69) is 35.6 Å². The van der Waals surface area contributed by atoms with Crippen LogP contribution in [-0.2, 0) is 28.5 Å². The van der Waals surface area contributed by atoms with Gasteiger partial charge in [0.25, 0.3) is 11.8 Å². The van der Waals surface area contributed by atoms with Crippen molar-refractivity contribution in [1.82, 2.24) is 44.8 Å². The number of amides is 3. The maximum Gasteiger partial charge on any atom is 0.329 e. The van der Waals surface area contributed by atoms with Crippen LogP contribution in [0.25, 0.3) is 22.6 Å². The Morgan fingerprint density at radius 2 is 1.72 bits per heavy atom. The minimum absolute atomic E-state index is 0.199. The summed E-state index contributed by atoms with van der Waals surface area (Å²) in [6.45, 7) is 4.45. The zero-order valence-electron chi connectivity index (χ0n) is 33.6. The third kappa shape index (κ3) is 7.41. The first kappa shape index (κ1) is 40.3. The van der Waals surface area contributed by atoms with Gasteiger partial charge in [0.15, 0.2) is 23.2 Å². The lowest BCUT2D eigenvalue weighted by atomic mass is 9.53. The number of fused-ring (bicyclic) bond motifs is 4. The molecule has 2 bridgehead atoms. The zero-order chi connectivity index (χ0) is 42.6. The SMILES string of the molecule is Cn1c(=O)n(C2CCC(=O)NC2=O)c2ccc(CCCN3CCN(c4cnc(-c5nc(C67CCC(CNC(=O)c8cc(F)c(O)c(F)c8F)(CC6)CC7)no5)cn4)CC3)cc21. The van der Waals surface area contributed by atoms with Crippen LogP contribution in [0, 0.1) is 22.9 Å². The van der Waals surface area contributed by atoms with Gasteiger partial charge in [-0.25, -0.2) is 23.5 Å². The monoisotopic (exact) mass is 842 g/mol. The number of aromatic hydroxyl groups is 1. The van der Waals surface area contributed by atoms with Crippen LogP contribution in [0.4, 0.5) is 19.0 Å². The van der Waals surface area contributed by atoms with Crippen LogP contribution in [0.15, 0.2) is 46.0 Å². The molecule has 1 atom stereocenters. The normalized spacial score (nSPS) is 23.1. The van der Waals surface area contributed by atoms with E-state index in [0.29, 0.717) is 29.5 Å². The topological polar surface area (TPSA) is 194 Å². The standard InChI is InChI=1S/C42H45F3N10O6/c1-52-30-19-24(4-5-28(30)55(40(52)60)29-6-7-32(56)49-37(29)59)3-2-14-53-15-17-54(18-16-53)31-22-46-27(21-47-31)38-50-39(51-61-38)42-11-8-41(9-12-42,10-13-42)23-48-36(58)25-20-26(43)35(57)34(45)33(25)44/h4-5,19-22,29,57H,2-3,6-18,23H2,1H3,(H,48,58)(H,49,56,59).